The number of hydrogen-bond acceptors (Lipinski definition) is 1. The minimum atomic E-state index is 0.990. The van der Waals surface area contributed by atoms with E-state index in [9.17, 15) is 0 Å². The van der Waals surface area contributed by atoms with Crippen LogP contribution in [-0.2, 0) is 0 Å². The van der Waals surface area contributed by atoms with E-state index in [-0.39, 0.29) is 0 Å². The lowest BCUT2D eigenvalue weighted by atomic mass is 9.99. The molecule has 0 saturated heterocycles. The van der Waals surface area contributed by atoms with Gasteiger partial charge in [-0.2, -0.15) is 0 Å². The molecule has 1 heterocycles. The summed E-state index contributed by atoms with van der Waals surface area (Å²) in [5.41, 5.74) is 6.85. The molecule has 0 saturated carbocycles. The van der Waals surface area contributed by atoms with Crippen LogP contribution in [0.25, 0.3) is 28.5 Å². The summed E-state index contributed by atoms with van der Waals surface area (Å²) >= 11 is 0. The molecule has 0 unspecified atom stereocenters. The highest BCUT2D eigenvalue weighted by Crippen LogP contribution is 2.27. The maximum absolute atomic E-state index is 4.51. The predicted octanol–water partition coefficient (Wildman–Crippen LogP) is 5.37. The molecule has 0 spiro atoms. The van der Waals surface area contributed by atoms with Gasteiger partial charge in [0.1, 0.15) is 0 Å². The molecule has 0 bridgehead atoms. The van der Waals surface area contributed by atoms with Crippen LogP contribution < -0.4 is 0 Å². The molecule has 0 atom stereocenters. The Bertz CT molecular complexity index is 756. The summed E-state index contributed by atoms with van der Waals surface area (Å²) in [6.07, 6.45) is 3.73. The van der Waals surface area contributed by atoms with E-state index in [1.54, 1.807) is 0 Å². The number of benzene rings is 2. The minimum Gasteiger partial charge on any atom is -0.256 e. The zero-order valence-electron chi connectivity index (χ0n) is 12.1. The van der Waals surface area contributed by atoms with Gasteiger partial charge in [-0.15, -0.1) is 0 Å². The number of pyridine rings is 1. The highest BCUT2D eigenvalue weighted by molar-refractivity contribution is 5.75. The molecular weight excluding hydrogens is 254 g/mol. The Kier molecular flexibility index (Phi) is 3.65. The van der Waals surface area contributed by atoms with Crippen LogP contribution in [0.3, 0.4) is 0 Å². The Morgan fingerprint density at radius 2 is 1.43 bits per heavy atom. The van der Waals surface area contributed by atoms with Crippen molar-refractivity contribution in [2.45, 2.75) is 6.92 Å². The summed E-state index contributed by atoms with van der Waals surface area (Å²) < 4.78 is 0. The lowest BCUT2D eigenvalue weighted by molar-refractivity contribution is 1.27. The topological polar surface area (TPSA) is 12.9 Å². The van der Waals surface area contributed by atoms with E-state index in [4.69, 9.17) is 0 Å². The van der Waals surface area contributed by atoms with Gasteiger partial charge in [-0.25, -0.2) is 0 Å². The number of aromatic nitrogens is 1. The second-order valence-electron chi connectivity index (χ2n) is 5.04. The minimum absolute atomic E-state index is 0.990. The summed E-state index contributed by atoms with van der Waals surface area (Å²) in [6, 6.07) is 20.9. The molecule has 0 N–H and O–H groups in total. The van der Waals surface area contributed by atoms with Crippen molar-refractivity contribution in [1.82, 2.24) is 4.98 Å². The SMILES string of the molecule is C=Cc1c(C)ccnc1-c1ccc(-c2ccccc2)cc1. The smallest absolute Gasteiger partial charge is 0.0776 e. The molecule has 1 nitrogen and oxygen atoms in total. The molecule has 0 amide bonds. The van der Waals surface area contributed by atoms with Gasteiger partial charge < -0.3 is 0 Å². The van der Waals surface area contributed by atoms with Crippen LogP contribution >= 0.6 is 0 Å². The van der Waals surface area contributed by atoms with E-state index >= 15 is 0 Å². The van der Waals surface area contributed by atoms with Crippen LogP contribution in [0.2, 0.25) is 0 Å². The lowest BCUT2D eigenvalue weighted by Gasteiger charge is -2.09. The molecule has 0 aliphatic heterocycles. The summed E-state index contributed by atoms with van der Waals surface area (Å²) in [7, 11) is 0. The molecule has 1 aromatic heterocycles. The fourth-order valence-corrected chi connectivity index (χ4v) is 2.51. The van der Waals surface area contributed by atoms with E-state index in [0.29, 0.717) is 0 Å². The van der Waals surface area contributed by atoms with Crippen molar-refractivity contribution < 1.29 is 0 Å². The first-order valence-corrected chi connectivity index (χ1v) is 7.03. The average Bonchev–Trinajstić information content (AvgIpc) is 2.55. The Morgan fingerprint density at radius 3 is 2.10 bits per heavy atom. The van der Waals surface area contributed by atoms with Gasteiger partial charge in [0.2, 0.25) is 0 Å². The highest BCUT2D eigenvalue weighted by atomic mass is 14.7. The van der Waals surface area contributed by atoms with Crippen molar-refractivity contribution in [3.63, 3.8) is 0 Å². The van der Waals surface area contributed by atoms with Gasteiger partial charge in [-0.05, 0) is 29.7 Å². The zero-order chi connectivity index (χ0) is 14.7. The third-order valence-corrected chi connectivity index (χ3v) is 3.68. The van der Waals surface area contributed by atoms with Crippen molar-refractivity contribution in [1.29, 1.82) is 0 Å². The molecule has 0 radical (unpaired) electrons. The van der Waals surface area contributed by atoms with Crippen LogP contribution in [0, 0.1) is 6.92 Å². The number of nitrogens with zero attached hydrogens (tertiary/aromatic N) is 1. The van der Waals surface area contributed by atoms with Crippen LogP contribution in [-0.4, -0.2) is 4.98 Å². The van der Waals surface area contributed by atoms with Gasteiger partial charge in [0.05, 0.1) is 5.69 Å². The normalized spacial score (nSPS) is 10.3. The second kappa shape index (κ2) is 5.76. The average molecular weight is 271 g/mol. The van der Waals surface area contributed by atoms with E-state index < -0.39 is 0 Å². The summed E-state index contributed by atoms with van der Waals surface area (Å²) in [5, 5.41) is 0. The zero-order valence-corrected chi connectivity index (χ0v) is 12.1. The molecule has 3 rings (SSSR count). The van der Waals surface area contributed by atoms with Crippen molar-refractivity contribution >= 4 is 6.08 Å². The molecule has 0 aliphatic carbocycles. The maximum Gasteiger partial charge on any atom is 0.0776 e. The summed E-state index contributed by atoms with van der Waals surface area (Å²) in [4.78, 5) is 4.51. The van der Waals surface area contributed by atoms with Gasteiger partial charge in [0.25, 0.3) is 0 Å². The van der Waals surface area contributed by atoms with E-state index in [0.717, 1.165) is 16.8 Å². The number of aryl methyl sites for hydroxylation is 1. The molecule has 21 heavy (non-hydrogen) atoms. The molecule has 1 heteroatoms. The van der Waals surface area contributed by atoms with Crippen LogP contribution in [0.4, 0.5) is 0 Å². The second-order valence-corrected chi connectivity index (χ2v) is 5.04. The largest absolute Gasteiger partial charge is 0.256 e. The molecule has 0 aliphatic rings. The Labute approximate surface area is 125 Å². The summed E-state index contributed by atoms with van der Waals surface area (Å²) in [5.74, 6) is 0. The molecule has 0 fully saturated rings. The van der Waals surface area contributed by atoms with Crippen LogP contribution in [0.5, 0.6) is 0 Å². The first-order chi connectivity index (χ1) is 10.3. The monoisotopic (exact) mass is 271 g/mol. The Morgan fingerprint density at radius 1 is 0.810 bits per heavy atom. The van der Waals surface area contributed by atoms with Gasteiger partial charge >= 0.3 is 0 Å². The van der Waals surface area contributed by atoms with Crippen molar-refractivity contribution in [3.8, 4) is 22.4 Å². The van der Waals surface area contributed by atoms with Gasteiger partial charge in [-0.1, -0.05) is 67.3 Å². The highest BCUT2D eigenvalue weighted by Gasteiger charge is 2.07. The van der Waals surface area contributed by atoms with Gasteiger partial charge in [-0.3, -0.25) is 4.98 Å². The molecule has 2 aromatic carbocycles. The maximum atomic E-state index is 4.51. The molecule has 3 aromatic rings. The first-order valence-electron chi connectivity index (χ1n) is 7.03. The quantitative estimate of drug-likeness (QED) is 0.624. The van der Waals surface area contributed by atoms with Crippen LogP contribution in [0.1, 0.15) is 11.1 Å². The molecule has 102 valence electrons. The number of hydrogen-bond donors (Lipinski definition) is 0. The summed E-state index contributed by atoms with van der Waals surface area (Å²) in [6.45, 7) is 5.99. The lowest BCUT2D eigenvalue weighted by Crippen LogP contribution is -1.91. The van der Waals surface area contributed by atoms with Crippen molar-refractivity contribution in [2.75, 3.05) is 0 Å². The standard InChI is InChI=1S/C20H17N/c1-3-19-15(2)13-14-21-20(19)18-11-9-17(10-12-18)16-7-5-4-6-8-16/h3-14H,1H2,2H3. The van der Waals surface area contributed by atoms with Gasteiger partial charge in [0, 0.05) is 17.3 Å². The van der Waals surface area contributed by atoms with E-state index in [2.05, 4.69) is 67.0 Å². The third kappa shape index (κ3) is 2.63. The fraction of sp³-hybridized carbons (Fsp3) is 0.0500. The third-order valence-electron chi connectivity index (χ3n) is 3.68. The fourth-order valence-electron chi connectivity index (χ4n) is 2.51. The van der Waals surface area contributed by atoms with E-state index in [1.165, 1.54) is 16.7 Å². The van der Waals surface area contributed by atoms with Crippen molar-refractivity contribution in [2.24, 2.45) is 0 Å². The van der Waals surface area contributed by atoms with Crippen molar-refractivity contribution in [3.05, 3.63) is 84.6 Å². The Balaban J connectivity index is 2.02. The van der Waals surface area contributed by atoms with E-state index in [1.807, 2.05) is 24.4 Å². The predicted molar refractivity (Wildman–Crippen MR) is 89.9 cm³/mol. The number of rotatable bonds is 3. The van der Waals surface area contributed by atoms with Crippen LogP contribution in [0.15, 0.2) is 73.4 Å². The first kappa shape index (κ1) is 13.3. The molecular formula is C20H17N. The van der Waals surface area contributed by atoms with Gasteiger partial charge in [0.15, 0.2) is 0 Å². The Hall–Kier alpha value is -2.67.